The summed E-state index contributed by atoms with van der Waals surface area (Å²) in [5.74, 6) is -0.364. The highest BCUT2D eigenvalue weighted by atomic mass is 19.4. The van der Waals surface area contributed by atoms with Crippen molar-refractivity contribution in [3.05, 3.63) is 71.0 Å². The first kappa shape index (κ1) is 23.2. The Balaban J connectivity index is 1.60. The largest absolute Gasteiger partial charge is 0.457 e. The van der Waals surface area contributed by atoms with Gasteiger partial charge in [-0.1, -0.05) is 0 Å². The van der Waals surface area contributed by atoms with Crippen LogP contribution in [0.2, 0.25) is 0 Å². The third-order valence-electron chi connectivity index (χ3n) is 5.37. The molecule has 0 radical (unpaired) electrons. The van der Waals surface area contributed by atoms with Gasteiger partial charge < -0.3 is 21.5 Å². The van der Waals surface area contributed by atoms with Crippen molar-refractivity contribution in [2.75, 3.05) is 6.54 Å². The fraction of sp³-hybridized carbons (Fsp3) is 0.217. The Morgan fingerprint density at radius 1 is 1.06 bits per heavy atom. The SMILES string of the molecule is NCc1nc(-c2ccc(Oc3ccc(C(F)(F)F)cc3)cc2)nc(C(N)=O)c1C1CNC(=O)C1. The summed E-state index contributed by atoms with van der Waals surface area (Å²) in [5, 5.41) is 2.71. The smallest absolute Gasteiger partial charge is 0.416 e. The van der Waals surface area contributed by atoms with E-state index in [0.29, 0.717) is 29.1 Å². The number of hydrogen-bond acceptors (Lipinski definition) is 6. The van der Waals surface area contributed by atoms with E-state index in [1.54, 1.807) is 24.3 Å². The van der Waals surface area contributed by atoms with E-state index in [2.05, 4.69) is 15.3 Å². The number of alkyl halides is 3. The van der Waals surface area contributed by atoms with E-state index in [1.165, 1.54) is 12.1 Å². The number of carbonyl (C=O) groups excluding carboxylic acids is 2. The van der Waals surface area contributed by atoms with Crippen LogP contribution in [-0.2, 0) is 17.5 Å². The summed E-state index contributed by atoms with van der Waals surface area (Å²) in [6.07, 6.45) is -4.24. The molecule has 1 atom stereocenters. The highest BCUT2D eigenvalue weighted by Gasteiger charge is 2.31. The molecule has 2 amide bonds. The zero-order chi connectivity index (χ0) is 24.5. The second-order valence-electron chi connectivity index (χ2n) is 7.68. The number of nitrogens with one attached hydrogen (secondary N) is 1. The van der Waals surface area contributed by atoms with Gasteiger partial charge in [-0.3, -0.25) is 9.59 Å². The van der Waals surface area contributed by atoms with Gasteiger partial charge >= 0.3 is 6.18 Å². The molecule has 1 fully saturated rings. The highest BCUT2D eigenvalue weighted by molar-refractivity contribution is 5.94. The molecular formula is C23H20F3N5O3. The van der Waals surface area contributed by atoms with Gasteiger partial charge in [0.15, 0.2) is 5.82 Å². The maximum Gasteiger partial charge on any atom is 0.416 e. The molecule has 2 heterocycles. The number of carbonyl (C=O) groups is 2. The number of hydrogen-bond donors (Lipinski definition) is 3. The lowest BCUT2D eigenvalue weighted by Crippen LogP contribution is -2.23. The van der Waals surface area contributed by atoms with Crippen LogP contribution in [0.3, 0.4) is 0 Å². The monoisotopic (exact) mass is 471 g/mol. The van der Waals surface area contributed by atoms with Gasteiger partial charge in [-0.05, 0) is 48.5 Å². The lowest BCUT2D eigenvalue weighted by molar-refractivity contribution is -0.137. The summed E-state index contributed by atoms with van der Waals surface area (Å²) in [6.45, 7) is 0.357. The summed E-state index contributed by atoms with van der Waals surface area (Å²) in [4.78, 5) is 32.6. The Hall–Kier alpha value is -3.99. The van der Waals surface area contributed by atoms with Crippen molar-refractivity contribution >= 4 is 11.8 Å². The molecule has 34 heavy (non-hydrogen) atoms. The fourth-order valence-electron chi connectivity index (χ4n) is 3.75. The number of halogens is 3. The number of rotatable bonds is 6. The summed E-state index contributed by atoms with van der Waals surface area (Å²) in [6, 6.07) is 10.8. The molecule has 1 aliphatic heterocycles. The maximum absolute atomic E-state index is 12.7. The van der Waals surface area contributed by atoms with E-state index in [1.807, 2.05) is 0 Å². The van der Waals surface area contributed by atoms with Crippen molar-refractivity contribution in [2.24, 2.45) is 11.5 Å². The Morgan fingerprint density at radius 3 is 2.18 bits per heavy atom. The van der Waals surface area contributed by atoms with E-state index in [-0.39, 0.29) is 42.1 Å². The molecule has 0 spiro atoms. The molecule has 3 aromatic rings. The van der Waals surface area contributed by atoms with Crippen molar-refractivity contribution in [1.29, 1.82) is 0 Å². The zero-order valence-electron chi connectivity index (χ0n) is 17.7. The number of benzene rings is 2. The molecule has 8 nitrogen and oxygen atoms in total. The molecule has 0 bridgehead atoms. The standard InChI is InChI=1S/C23H20F3N5O3/c24-23(25,26)14-3-7-16(8-4-14)34-15-5-1-12(2-6-15)22-30-17(10-27)19(20(31-22)21(28)33)13-9-18(32)29-11-13/h1-8,13H,9-11,27H2,(H2,28,33)(H,29,32). The first-order valence-corrected chi connectivity index (χ1v) is 10.3. The minimum Gasteiger partial charge on any atom is -0.457 e. The minimum absolute atomic E-state index is 0.0111. The van der Waals surface area contributed by atoms with E-state index in [9.17, 15) is 22.8 Å². The van der Waals surface area contributed by atoms with Gasteiger partial charge in [0, 0.05) is 36.6 Å². The number of amides is 2. The number of nitrogens with zero attached hydrogens (tertiary/aromatic N) is 2. The molecule has 1 saturated heterocycles. The van der Waals surface area contributed by atoms with Crippen LogP contribution in [0.5, 0.6) is 11.5 Å². The van der Waals surface area contributed by atoms with Crippen LogP contribution in [0, 0.1) is 0 Å². The molecule has 1 aliphatic rings. The lowest BCUT2D eigenvalue weighted by Gasteiger charge is -2.17. The number of aromatic nitrogens is 2. The summed E-state index contributed by atoms with van der Waals surface area (Å²) >= 11 is 0. The van der Waals surface area contributed by atoms with Crippen molar-refractivity contribution in [3.8, 4) is 22.9 Å². The van der Waals surface area contributed by atoms with Crippen LogP contribution in [0.15, 0.2) is 48.5 Å². The van der Waals surface area contributed by atoms with E-state index in [0.717, 1.165) is 12.1 Å². The number of ether oxygens (including phenoxy) is 1. The zero-order valence-corrected chi connectivity index (χ0v) is 17.7. The fourth-order valence-corrected chi connectivity index (χ4v) is 3.75. The Labute approximate surface area is 192 Å². The van der Waals surface area contributed by atoms with Gasteiger partial charge in [0.05, 0.1) is 11.3 Å². The summed E-state index contributed by atoms with van der Waals surface area (Å²) in [7, 11) is 0. The Morgan fingerprint density at radius 2 is 1.68 bits per heavy atom. The molecule has 0 saturated carbocycles. The van der Waals surface area contributed by atoms with Crippen LogP contribution >= 0.6 is 0 Å². The van der Waals surface area contributed by atoms with E-state index < -0.39 is 17.6 Å². The van der Waals surface area contributed by atoms with Gasteiger partial charge in [-0.15, -0.1) is 0 Å². The number of primary amides is 1. The minimum atomic E-state index is -4.42. The van der Waals surface area contributed by atoms with Gasteiger partial charge in [-0.2, -0.15) is 13.2 Å². The van der Waals surface area contributed by atoms with Gasteiger partial charge in [0.2, 0.25) is 5.91 Å². The molecule has 11 heteroatoms. The van der Waals surface area contributed by atoms with Crippen molar-refractivity contribution in [2.45, 2.75) is 25.1 Å². The average molecular weight is 471 g/mol. The summed E-state index contributed by atoms with van der Waals surface area (Å²) < 4.78 is 43.7. The molecule has 0 aliphatic carbocycles. The van der Waals surface area contributed by atoms with Gasteiger partial charge in [0.25, 0.3) is 5.91 Å². The highest BCUT2D eigenvalue weighted by Crippen LogP contribution is 2.33. The third-order valence-corrected chi connectivity index (χ3v) is 5.37. The topological polar surface area (TPSA) is 133 Å². The van der Waals surface area contributed by atoms with Gasteiger partial charge in [-0.25, -0.2) is 9.97 Å². The first-order chi connectivity index (χ1) is 16.2. The van der Waals surface area contributed by atoms with Crippen LogP contribution in [0.1, 0.15) is 39.6 Å². The second kappa shape index (κ2) is 9.10. The van der Waals surface area contributed by atoms with Crippen LogP contribution in [0.4, 0.5) is 13.2 Å². The normalized spacial score (nSPS) is 15.8. The second-order valence-corrected chi connectivity index (χ2v) is 7.68. The molecule has 1 aromatic heterocycles. The molecule has 1 unspecified atom stereocenters. The van der Waals surface area contributed by atoms with Gasteiger partial charge in [0.1, 0.15) is 17.2 Å². The third kappa shape index (κ3) is 4.84. The van der Waals surface area contributed by atoms with Crippen molar-refractivity contribution < 1.29 is 27.5 Å². The number of nitrogens with two attached hydrogens (primary N) is 2. The molecule has 176 valence electrons. The van der Waals surface area contributed by atoms with Crippen LogP contribution in [0.25, 0.3) is 11.4 Å². The Bertz CT molecular complexity index is 1230. The molecule has 5 N–H and O–H groups in total. The van der Waals surface area contributed by atoms with E-state index in [4.69, 9.17) is 16.2 Å². The Kier molecular flexibility index (Phi) is 6.20. The van der Waals surface area contributed by atoms with Crippen LogP contribution in [-0.4, -0.2) is 28.3 Å². The van der Waals surface area contributed by atoms with E-state index >= 15 is 0 Å². The van der Waals surface area contributed by atoms with Crippen LogP contribution < -0.4 is 21.5 Å². The predicted molar refractivity (Wildman–Crippen MR) is 116 cm³/mol. The molecular weight excluding hydrogens is 451 g/mol. The summed E-state index contributed by atoms with van der Waals surface area (Å²) in [5.41, 5.74) is 12.1. The molecule has 4 rings (SSSR count). The van der Waals surface area contributed by atoms with Crippen molar-refractivity contribution in [1.82, 2.24) is 15.3 Å². The predicted octanol–water partition coefficient (Wildman–Crippen LogP) is 3.12. The first-order valence-electron chi connectivity index (χ1n) is 10.3. The lowest BCUT2D eigenvalue weighted by atomic mass is 9.93. The maximum atomic E-state index is 12.7. The average Bonchev–Trinajstić information content (AvgIpc) is 3.24. The molecule has 2 aromatic carbocycles. The quantitative estimate of drug-likeness (QED) is 0.506. The van der Waals surface area contributed by atoms with Crippen molar-refractivity contribution in [3.63, 3.8) is 0 Å².